The summed E-state index contributed by atoms with van der Waals surface area (Å²) in [6.07, 6.45) is 0.992. The number of fused-ring (bicyclic) bond motifs is 1. The second kappa shape index (κ2) is 6.13. The van der Waals surface area contributed by atoms with E-state index in [0.717, 1.165) is 29.0 Å². The van der Waals surface area contributed by atoms with E-state index in [4.69, 9.17) is 5.73 Å². The van der Waals surface area contributed by atoms with Crippen LogP contribution in [0.1, 0.15) is 26.3 Å². The molecule has 6 heteroatoms. The number of imidazole rings is 1. The number of hydrogen-bond acceptors (Lipinski definition) is 3. The van der Waals surface area contributed by atoms with E-state index in [1.54, 1.807) is 6.07 Å². The van der Waals surface area contributed by atoms with Gasteiger partial charge in [0.05, 0.1) is 15.5 Å². The van der Waals surface area contributed by atoms with Crippen molar-refractivity contribution >= 4 is 44.7 Å². The van der Waals surface area contributed by atoms with Crippen LogP contribution in [0.4, 0.5) is 10.3 Å². The standard InChI is InChI=1S/C13H17BrFN3S/c1-3-19-5-4-8(2)18-12-7-10(15)9(14)6-11(12)17-13(18)16/h6-8H,3-5H2,1-2H3,(H2,16,17). The van der Waals surface area contributed by atoms with Crippen LogP contribution in [0.2, 0.25) is 0 Å². The molecule has 3 nitrogen and oxygen atoms in total. The van der Waals surface area contributed by atoms with Crippen molar-refractivity contribution in [1.29, 1.82) is 0 Å². The van der Waals surface area contributed by atoms with E-state index in [2.05, 4.69) is 34.8 Å². The fraction of sp³-hybridized carbons (Fsp3) is 0.462. The Labute approximate surface area is 124 Å². The maximum Gasteiger partial charge on any atom is 0.201 e. The third kappa shape index (κ3) is 3.05. The fourth-order valence-electron chi connectivity index (χ4n) is 2.10. The molecular weight excluding hydrogens is 329 g/mol. The molecule has 2 aromatic rings. The number of thioether (sulfide) groups is 1. The van der Waals surface area contributed by atoms with Crippen LogP contribution in [-0.4, -0.2) is 21.1 Å². The molecule has 19 heavy (non-hydrogen) atoms. The van der Waals surface area contributed by atoms with Gasteiger partial charge < -0.3 is 10.3 Å². The van der Waals surface area contributed by atoms with Crippen molar-refractivity contribution in [3.05, 3.63) is 22.4 Å². The largest absolute Gasteiger partial charge is 0.369 e. The van der Waals surface area contributed by atoms with Gasteiger partial charge in [-0.15, -0.1) is 0 Å². The highest BCUT2D eigenvalue weighted by molar-refractivity contribution is 9.10. The molecule has 0 aliphatic rings. The van der Waals surface area contributed by atoms with Gasteiger partial charge in [-0.3, -0.25) is 0 Å². The van der Waals surface area contributed by atoms with Gasteiger partial charge in [-0.1, -0.05) is 6.92 Å². The van der Waals surface area contributed by atoms with E-state index < -0.39 is 0 Å². The van der Waals surface area contributed by atoms with E-state index in [-0.39, 0.29) is 11.9 Å². The minimum atomic E-state index is -0.288. The summed E-state index contributed by atoms with van der Waals surface area (Å²) in [5, 5.41) is 0. The maximum atomic E-state index is 13.7. The second-order valence-electron chi connectivity index (χ2n) is 4.43. The van der Waals surface area contributed by atoms with Crippen molar-refractivity contribution in [2.24, 2.45) is 0 Å². The van der Waals surface area contributed by atoms with Crippen molar-refractivity contribution in [3.63, 3.8) is 0 Å². The number of nitrogens with two attached hydrogens (primary N) is 1. The summed E-state index contributed by atoms with van der Waals surface area (Å²) in [7, 11) is 0. The Balaban J connectivity index is 2.36. The second-order valence-corrected chi connectivity index (χ2v) is 6.68. The number of nitrogen functional groups attached to an aromatic ring is 1. The highest BCUT2D eigenvalue weighted by Gasteiger charge is 2.15. The summed E-state index contributed by atoms with van der Waals surface area (Å²) in [4.78, 5) is 4.30. The predicted octanol–water partition coefficient (Wildman–Crippen LogP) is 4.22. The van der Waals surface area contributed by atoms with Crippen LogP contribution in [0.15, 0.2) is 16.6 Å². The minimum Gasteiger partial charge on any atom is -0.369 e. The van der Waals surface area contributed by atoms with Crippen molar-refractivity contribution < 1.29 is 4.39 Å². The van der Waals surface area contributed by atoms with Gasteiger partial charge in [-0.25, -0.2) is 9.37 Å². The molecule has 0 saturated heterocycles. The average Bonchev–Trinajstić information content (AvgIpc) is 2.65. The summed E-state index contributed by atoms with van der Waals surface area (Å²) < 4.78 is 16.0. The maximum absolute atomic E-state index is 13.7. The summed E-state index contributed by atoms with van der Waals surface area (Å²) in [5.41, 5.74) is 7.45. The lowest BCUT2D eigenvalue weighted by atomic mass is 10.2. The van der Waals surface area contributed by atoms with Gasteiger partial charge in [0.1, 0.15) is 5.82 Å². The average molecular weight is 346 g/mol. The van der Waals surface area contributed by atoms with E-state index in [1.807, 2.05) is 16.3 Å². The Morgan fingerprint density at radius 1 is 1.53 bits per heavy atom. The Hall–Kier alpha value is -0.750. The number of hydrogen-bond donors (Lipinski definition) is 1. The Morgan fingerprint density at radius 3 is 2.95 bits per heavy atom. The molecule has 0 radical (unpaired) electrons. The number of benzene rings is 1. The molecular formula is C13H17BrFN3S. The van der Waals surface area contributed by atoms with Crippen LogP contribution < -0.4 is 5.73 Å². The van der Waals surface area contributed by atoms with Gasteiger partial charge in [0.2, 0.25) is 5.95 Å². The van der Waals surface area contributed by atoms with Crippen LogP contribution in [-0.2, 0) is 0 Å². The molecule has 1 aromatic carbocycles. The normalized spacial score (nSPS) is 13.1. The monoisotopic (exact) mass is 345 g/mol. The first-order valence-corrected chi connectivity index (χ1v) is 8.19. The lowest BCUT2D eigenvalue weighted by Gasteiger charge is -2.15. The predicted molar refractivity (Wildman–Crippen MR) is 84.1 cm³/mol. The van der Waals surface area contributed by atoms with Crippen molar-refractivity contribution in [2.45, 2.75) is 26.3 Å². The molecule has 0 aliphatic carbocycles. The first-order chi connectivity index (χ1) is 9.04. The summed E-state index contributed by atoms with van der Waals surface area (Å²) >= 11 is 5.06. The number of nitrogens with zero attached hydrogens (tertiary/aromatic N) is 2. The van der Waals surface area contributed by atoms with Crippen LogP contribution in [0.5, 0.6) is 0 Å². The molecule has 2 N–H and O–H groups in total. The molecule has 1 heterocycles. The number of rotatable bonds is 5. The highest BCUT2D eigenvalue weighted by Crippen LogP contribution is 2.29. The van der Waals surface area contributed by atoms with E-state index in [1.165, 1.54) is 6.07 Å². The van der Waals surface area contributed by atoms with Gasteiger partial charge in [0, 0.05) is 12.1 Å². The highest BCUT2D eigenvalue weighted by atomic mass is 79.9. The molecule has 1 atom stereocenters. The lowest BCUT2D eigenvalue weighted by molar-refractivity contribution is 0.554. The van der Waals surface area contributed by atoms with Crippen LogP contribution in [0, 0.1) is 5.82 Å². The molecule has 0 spiro atoms. The summed E-state index contributed by atoms with van der Waals surface area (Å²) in [5.74, 6) is 2.33. The van der Waals surface area contributed by atoms with E-state index in [0.29, 0.717) is 10.4 Å². The van der Waals surface area contributed by atoms with Crippen LogP contribution >= 0.6 is 27.7 Å². The Morgan fingerprint density at radius 2 is 2.26 bits per heavy atom. The number of aromatic nitrogens is 2. The fourth-order valence-corrected chi connectivity index (χ4v) is 3.23. The SMILES string of the molecule is CCSCCC(C)n1c(N)nc2cc(Br)c(F)cc21. The smallest absolute Gasteiger partial charge is 0.201 e. The van der Waals surface area contributed by atoms with Gasteiger partial charge in [0.25, 0.3) is 0 Å². The number of anilines is 1. The summed E-state index contributed by atoms with van der Waals surface area (Å²) in [6.45, 7) is 4.23. The van der Waals surface area contributed by atoms with Crippen molar-refractivity contribution in [2.75, 3.05) is 17.2 Å². The molecule has 0 aliphatic heterocycles. The van der Waals surface area contributed by atoms with E-state index in [9.17, 15) is 4.39 Å². The third-order valence-electron chi connectivity index (χ3n) is 3.08. The van der Waals surface area contributed by atoms with E-state index >= 15 is 0 Å². The first kappa shape index (κ1) is 14.7. The molecule has 0 fully saturated rings. The first-order valence-electron chi connectivity index (χ1n) is 6.24. The zero-order valence-electron chi connectivity index (χ0n) is 11.0. The zero-order chi connectivity index (χ0) is 14.0. The molecule has 104 valence electrons. The van der Waals surface area contributed by atoms with Crippen molar-refractivity contribution in [3.8, 4) is 0 Å². The molecule has 0 amide bonds. The molecule has 1 aromatic heterocycles. The van der Waals surface area contributed by atoms with Gasteiger partial charge >= 0.3 is 0 Å². The van der Waals surface area contributed by atoms with Crippen LogP contribution in [0.3, 0.4) is 0 Å². The van der Waals surface area contributed by atoms with Crippen molar-refractivity contribution in [1.82, 2.24) is 9.55 Å². The Bertz CT molecular complexity index is 585. The van der Waals surface area contributed by atoms with Gasteiger partial charge in [-0.2, -0.15) is 11.8 Å². The Kier molecular flexibility index (Phi) is 4.73. The molecule has 1 unspecified atom stereocenters. The topological polar surface area (TPSA) is 43.8 Å². The third-order valence-corrected chi connectivity index (χ3v) is 4.62. The quantitative estimate of drug-likeness (QED) is 0.824. The lowest BCUT2D eigenvalue weighted by Crippen LogP contribution is -2.09. The minimum absolute atomic E-state index is 0.213. The van der Waals surface area contributed by atoms with Gasteiger partial charge in [0.15, 0.2) is 0 Å². The molecule has 2 rings (SSSR count). The molecule has 0 saturated carbocycles. The zero-order valence-corrected chi connectivity index (χ0v) is 13.4. The summed E-state index contributed by atoms with van der Waals surface area (Å²) in [6, 6.07) is 3.38. The van der Waals surface area contributed by atoms with Gasteiger partial charge in [-0.05, 0) is 46.8 Å². The number of halogens is 2. The van der Waals surface area contributed by atoms with Crippen LogP contribution in [0.25, 0.3) is 11.0 Å². The molecule has 0 bridgehead atoms.